The van der Waals surface area contributed by atoms with Gasteiger partial charge in [0.05, 0.1) is 11.1 Å². The zero-order valence-corrected chi connectivity index (χ0v) is 9.94. The molecule has 19 heavy (non-hydrogen) atoms. The van der Waals surface area contributed by atoms with Crippen LogP contribution >= 0.6 is 0 Å². The van der Waals surface area contributed by atoms with E-state index in [1.807, 2.05) is 0 Å². The summed E-state index contributed by atoms with van der Waals surface area (Å²) in [5.41, 5.74) is 1.41. The van der Waals surface area contributed by atoms with Crippen LogP contribution in [0.25, 0.3) is 11.0 Å². The Kier molecular flexibility index (Phi) is 2.48. The average molecular weight is 259 g/mol. The van der Waals surface area contributed by atoms with Gasteiger partial charge in [-0.3, -0.25) is 0 Å². The highest BCUT2D eigenvalue weighted by atomic mass is 16.5. The van der Waals surface area contributed by atoms with Crippen molar-refractivity contribution in [3.63, 3.8) is 0 Å². The van der Waals surface area contributed by atoms with Crippen LogP contribution < -0.4 is 0 Å². The van der Waals surface area contributed by atoms with Crippen molar-refractivity contribution in [2.45, 2.75) is 13.5 Å². The summed E-state index contributed by atoms with van der Waals surface area (Å²) in [6, 6.07) is 4.64. The van der Waals surface area contributed by atoms with Gasteiger partial charge in [0.15, 0.2) is 5.82 Å². The number of carboxylic acids is 1. The zero-order chi connectivity index (χ0) is 13.4. The third kappa shape index (κ3) is 2.03. The van der Waals surface area contributed by atoms with Gasteiger partial charge in [0.2, 0.25) is 5.89 Å². The summed E-state index contributed by atoms with van der Waals surface area (Å²) in [6.07, 6.45) is 0. The van der Waals surface area contributed by atoms with E-state index in [4.69, 9.17) is 9.63 Å². The Hall–Kier alpha value is -2.77. The van der Waals surface area contributed by atoms with Crippen LogP contribution in [-0.4, -0.2) is 36.2 Å². The molecule has 0 amide bonds. The van der Waals surface area contributed by atoms with E-state index in [1.54, 1.807) is 17.7 Å². The molecular formula is C11H9N5O3. The molecule has 0 saturated carbocycles. The lowest BCUT2D eigenvalue weighted by atomic mass is 10.2. The summed E-state index contributed by atoms with van der Waals surface area (Å²) in [7, 11) is 0. The molecule has 8 heteroatoms. The molecule has 2 aromatic heterocycles. The Balaban J connectivity index is 1.99. The standard InChI is InChI=1S/C11H9N5O3/c1-6-12-10(14-19-6)5-16-9-3-2-7(11(17)18)4-8(9)13-15-16/h2-4H,5H2,1H3,(H,17,18). The van der Waals surface area contributed by atoms with Gasteiger partial charge in [-0.15, -0.1) is 5.10 Å². The first-order valence-electron chi connectivity index (χ1n) is 5.49. The molecule has 96 valence electrons. The molecule has 3 rings (SSSR count). The number of nitrogens with zero attached hydrogens (tertiary/aromatic N) is 5. The molecule has 0 radical (unpaired) electrons. The summed E-state index contributed by atoms with van der Waals surface area (Å²) in [6.45, 7) is 2.02. The fourth-order valence-electron chi connectivity index (χ4n) is 1.76. The maximum absolute atomic E-state index is 10.9. The summed E-state index contributed by atoms with van der Waals surface area (Å²) in [5, 5.41) is 20.6. The smallest absolute Gasteiger partial charge is 0.335 e. The molecule has 0 unspecified atom stereocenters. The van der Waals surface area contributed by atoms with Crippen molar-refractivity contribution in [2.75, 3.05) is 0 Å². The first kappa shape index (κ1) is 11.3. The molecule has 0 atom stereocenters. The lowest BCUT2D eigenvalue weighted by Gasteiger charge is -1.98. The quantitative estimate of drug-likeness (QED) is 0.743. The minimum atomic E-state index is -0.995. The number of aromatic nitrogens is 5. The lowest BCUT2D eigenvalue weighted by Crippen LogP contribution is -2.03. The SMILES string of the molecule is Cc1nc(Cn2nnc3cc(C(=O)O)ccc32)no1. The second kappa shape index (κ2) is 4.16. The number of aryl methyl sites for hydroxylation is 1. The van der Waals surface area contributed by atoms with Crippen molar-refractivity contribution < 1.29 is 14.4 Å². The Morgan fingerprint density at radius 3 is 3.00 bits per heavy atom. The summed E-state index contributed by atoms with van der Waals surface area (Å²) < 4.78 is 6.46. The number of hydrogen-bond donors (Lipinski definition) is 1. The monoisotopic (exact) mass is 259 g/mol. The van der Waals surface area contributed by atoms with Crippen LogP contribution in [0, 0.1) is 6.92 Å². The van der Waals surface area contributed by atoms with Crippen molar-refractivity contribution in [1.29, 1.82) is 0 Å². The molecule has 0 aliphatic carbocycles. The molecule has 0 aliphatic heterocycles. The third-order valence-electron chi connectivity index (χ3n) is 2.62. The number of aromatic carboxylic acids is 1. The second-order valence-corrected chi connectivity index (χ2v) is 3.99. The maximum atomic E-state index is 10.9. The number of fused-ring (bicyclic) bond motifs is 1. The molecule has 0 bridgehead atoms. The molecule has 0 spiro atoms. The van der Waals surface area contributed by atoms with E-state index < -0.39 is 5.97 Å². The van der Waals surface area contributed by atoms with Gasteiger partial charge in [-0.05, 0) is 18.2 Å². The highest BCUT2D eigenvalue weighted by Crippen LogP contribution is 2.14. The predicted molar refractivity (Wildman–Crippen MR) is 62.6 cm³/mol. The van der Waals surface area contributed by atoms with Gasteiger partial charge < -0.3 is 9.63 Å². The van der Waals surface area contributed by atoms with Gasteiger partial charge >= 0.3 is 5.97 Å². The van der Waals surface area contributed by atoms with E-state index >= 15 is 0 Å². The molecule has 1 N–H and O–H groups in total. The molecule has 0 saturated heterocycles. The third-order valence-corrected chi connectivity index (χ3v) is 2.62. The van der Waals surface area contributed by atoms with Gasteiger partial charge in [-0.2, -0.15) is 4.98 Å². The number of hydrogen-bond acceptors (Lipinski definition) is 6. The number of rotatable bonds is 3. The maximum Gasteiger partial charge on any atom is 0.335 e. The first-order valence-corrected chi connectivity index (χ1v) is 5.49. The van der Waals surface area contributed by atoms with Crippen LogP contribution in [-0.2, 0) is 6.54 Å². The first-order chi connectivity index (χ1) is 9.13. The zero-order valence-electron chi connectivity index (χ0n) is 9.94. The van der Waals surface area contributed by atoms with E-state index in [2.05, 4.69) is 20.5 Å². The molecule has 8 nitrogen and oxygen atoms in total. The van der Waals surface area contributed by atoms with Crippen molar-refractivity contribution in [1.82, 2.24) is 25.1 Å². The van der Waals surface area contributed by atoms with Crippen LogP contribution in [0.1, 0.15) is 22.1 Å². The van der Waals surface area contributed by atoms with Crippen LogP contribution in [0.5, 0.6) is 0 Å². The second-order valence-electron chi connectivity index (χ2n) is 3.99. The van der Waals surface area contributed by atoms with Crippen LogP contribution in [0.15, 0.2) is 22.7 Å². The van der Waals surface area contributed by atoms with Gasteiger partial charge in [0.25, 0.3) is 0 Å². The Morgan fingerprint density at radius 1 is 1.47 bits per heavy atom. The van der Waals surface area contributed by atoms with Crippen molar-refractivity contribution in [3.8, 4) is 0 Å². The van der Waals surface area contributed by atoms with Gasteiger partial charge in [-0.1, -0.05) is 10.4 Å². The molecule has 1 aromatic carbocycles. The highest BCUT2D eigenvalue weighted by molar-refractivity contribution is 5.92. The summed E-state index contributed by atoms with van der Waals surface area (Å²) in [4.78, 5) is 14.9. The van der Waals surface area contributed by atoms with Gasteiger partial charge in [0.1, 0.15) is 12.1 Å². The average Bonchev–Trinajstić information content (AvgIpc) is 2.96. The van der Waals surface area contributed by atoms with E-state index in [0.29, 0.717) is 29.3 Å². The molecular weight excluding hydrogens is 250 g/mol. The fraction of sp³-hybridized carbons (Fsp3) is 0.182. The number of carbonyl (C=O) groups is 1. The normalized spacial score (nSPS) is 11.0. The van der Waals surface area contributed by atoms with Crippen LogP contribution in [0.3, 0.4) is 0 Å². The summed E-state index contributed by atoms with van der Waals surface area (Å²) in [5.74, 6) is -0.0237. The number of carboxylic acid groups (broad SMARTS) is 1. The summed E-state index contributed by atoms with van der Waals surface area (Å²) >= 11 is 0. The molecule has 2 heterocycles. The minimum absolute atomic E-state index is 0.176. The Bertz CT molecular complexity index is 761. The topological polar surface area (TPSA) is 107 Å². The molecule has 3 aromatic rings. The predicted octanol–water partition coefficient (Wildman–Crippen LogP) is 0.869. The fourth-order valence-corrected chi connectivity index (χ4v) is 1.76. The van der Waals surface area contributed by atoms with E-state index in [9.17, 15) is 4.79 Å². The highest BCUT2D eigenvalue weighted by Gasteiger charge is 2.11. The van der Waals surface area contributed by atoms with Crippen LogP contribution in [0.2, 0.25) is 0 Å². The Labute approximate surface area is 106 Å². The number of benzene rings is 1. The van der Waals surface area contributed by atoms with E-state index in [1.165, 1.54) is 12.1 Å². The van der Waals surface area contributed by atoms with Crippen molar-refractivity contribution in [3.05, 3.63) is 35.5 Å². The minimum Gasteiger partial charge on any atom is -0.478 e. The molecule has 0 fully saturated rings. The van der Waals surface area contributed by atoms with E-state index in [-0.39, 0.29) is 5.56 Å². The van der Waals surface area contributed by atoms with Crippen LogP contribution in [0.4, 0.5) is 0 Å². The largest absolute Gasteiger partial charge is 0.478 e. The molecule has 0 aliphatic rings. The van der Waals surface area contributed by atoms with Gasteiger partial charge in [0, 0.05) is 6.92 Å². The van der Waals surface area contributed by atoms with Crippen molar-refractivity contribution >= 4 is 17.0 Å². The Morgan fingerprint density at radius 2 is 2.32 bits per heavy atom. The van der Waals surface area contributed by atoms with E-state index in [0.717, 1.165) is 0 Å². The van der Waals surface area contributed by atoms with Crippen molar-refractivity contribution in [2.24, 2.45) is 0 Å². The lowest BCUT2D eigenvalue weighted by molar-refractivity contribution is 0.0697. The van der Waals surface area contributed by atoms with Gasteiger partial charge in [-0.25, -0.2) is 9.48 Å².